The van der Waals surface area contributed by atoms with Crippen LogP contribution >= 0.6 is 0 Å². The van der Waals surface area contributed by atoms with E-state index in [2.05, 4.69) is 6.92 Å². The number of aliphatic carboxylic acids is 1. The van der Waals surface area contributed by atoms with Crippen molar-refractivity contribution in [3.8, 4) is 0 Å². The summed E-state index contributed by atoms with van der Waals surface area (Å²) >= 11 is 0. The number of carbonyl (C=O) groups is 3. The van der Waals surface area contributed by atoms with Gasteiger partial charge in [0.15, 0.2) is 6.10 Å². The highest BCUT2D eigenvalue weighted by Crippen LogP contribution is 2.35. The standard InChI is InChI=1S/C26H38O6/c1-4-6-12-18(5-2)17-26(3,31)23(27)22(19-13-8-7-9-14-19)32-25(30)21-16-11-10-15-20(21)24(28)29/h7-9,13-14,18,20-22,31H,4-6,10-12,15-17H2,1-3H3,(H,28,29). The Morgan fingerprint density at radius 1 is 1.09 bits per heavy atom. The van der Waals surface area contributed by atoms with Gasteiger partial charge in [-0.1, -0.05) is 82.7 Å². The number of Topliss-reactive ketones (excluding diaryl/α,β-unsaturated/α-hetero) is 1. The summed E-state index contributed by atoms with van der Waals surface area (Å²) in [4.78, 5) is 38.2. The van der Waals surface area contributed by atoms with Gasteiger partial charge in [-0.15, -0.1) is 0 Å². The van der Waals surface area contributed by atoms with E-state index in [9.17, 15) is 24.6 Å². The molecule has 1 saturated carbocycles. The van der Waals surface area contributed by atoms with Gasteiger partial charge >= 0.3 is 11.9 Å². The third-order valence-corrected chi connectivity index (χ3v) is 6.72. The van der Waals surface area contributed by atoms with Crippen molar-refractivity contribution in [2.24, 2.45) is 17.8 Å². The second-order valence-corrected chi connectivity index (χ2v) is 9.32. The highest BCUT2D eigenvalue weighted by Gasteiger charge is 2.43. The molecule has 2 rings (SSSR count). The molecule has 0 heterocycles. The molecule has 0 aliphatic heterocycles. The summed E-state index contributed by atoms with van der Waals surface area (Å²) in [6.07, 6.45) is 5.23. The maximum Gasteiger partial charge on any atom is 0.310 e. The molecule has 1 aliphatic carbocycles. The van der Waals surface area contributed by atoms with Crippen molar-refractivity contribution in [2.75, 3.05) is 0 Å². The van der Waals surface area contributed by atoms with Crippen LogP contribution in [0.3, 0.4) is 0 Å². The van der Waals surface area contributed by atoms with Gasteiger partial charge in [-0.05, 0) is 32.1 Å². The molecule has 32 heavy (non-hydrogen) atoms. The van der Waals surface area contributed by atoms with E-state index in [-0.39, 0.29) is 5.92 Å². The minimum atomic E-state index is -1.66. The quantitative estimate of drug-likeness (QED) is 0.434. The van der Waals surface area contributed by atoms with E-state index in [1.54, 1.807) is 30.3 Å². The maximum absolute atomic E-state index is 13.5. The molecule has 5 atom stereocenters. The first kappa shape index (κ1) is 26.0. The summed E-state index contributed by atoms with van der Waals surface area (Å²) in [7, 11) is 0. The number of hydrogen-bond acceptors (Lipinski definition) is 5. The van der Waals surface area contributed by atoms with Crippen LogP contribution < -0.4 is 0 Å². The van der Waals surface area contributed by atoms with E-state index >= 15 is 0 Å². The molecule has 5 unspecified atom stereocenters. The minimum absolute atomic E-state index is 0.191. The predicted molar refractivity (Wildman–Crippen MR) is 122 cm³/mol. The van der Waals surface area contributed by atoms with E-state index in [1.807, 2.05) is 6.92 Å². The van der Waals surface area contributed by atoms with Gasteiger partial charge in [0.05, 0.1) is 11.8 Å². The molecular weight excluding hydrogens is 408 g/mol. The molecule has 178 valence electrons. The Morgan fingerprint density at radius 2 is 1.72 bits per heavy atom. The summed E-state index contributed by atoms with van der Waals surface area (Å²) in [5, 5.41) is 20.7. The summed E-state index contributed by atoms with van der Waals surface area (Å²) in [6, 6.07) is 8.67. The molecule has 0 spiro atoms. The van der Waals surface area contributed by atoms with Gasteiger partial charge in [0.2, 0.25) is 5.78 Å². The van der Waals surface area contributed by atoms with Crippen LogP contribution in [-0.2, 0) is 19.1 Å². The third-order valence-electron chi connectivity index (χ3n) is 6.72. The molecular formula is C26H38O6. The van der Waals surface area contributed by atoms with Crippen molar-refractivity contribution >= 4 is 17.7 Å². The second-order valence-electron chi connectivity index (χ2n) is 9.32. The first-order chi connectivity index (χ1) is 15.2. The number of ketones is 1. The molecule has 1 aromatic carbocycles. The molecule has 6 nitrogen and oxygen atoms in total. The van der Waals surface area contributed by atoms with Gasteiger partial charge < -0.3 is 14.9 Å². The highest BCUT2D eigenvalue weighted by molar-refractivity contribution is 5.93. The van der Waals surface area contributed by atoms with E-state index in [1.165, 1.54) is 6.92 Å². The van der Waals surface area contributed by atoms with Crippen molar-refractivity contribution in [2.45, 2.75) is 90.3 Å². The average molecular weight is 447 g/mol. The van der Waals surface area contributed by atoms with E-state index in [0.717, 1.165) is 38.5 Å². The van der Waals surface area contributed by atoms with Crippen LogP contribution in [0.5, 0.6) is 0 Å². The van der Waals surface area contributed by atoms with Gasteiger partial charge in [-0.25, -0.2) is 0 Å². The number of benzene rings is 1. The fourth-order valence-electron chi connectivity index (χ4n) is 4.70. The molecule has 1 fully saturated rings. The Kier molecular flexibility index (Phi) is 9.88. The van der Waals surface area contributed by atoms with Crippen molar-refractivity contribution in [1.29, 1.82) is 0 Å². The summed E-state index contributed by atoms with van der Waals surface area (Å²) in [6.45, 7) is 5.65. The van der Waals surface area contributed by atoms with Crippen molar-refractivity contribution in [3.05, 3.63) is 35.9 Å². The number of hydrogen-bond donors (Lipinski definition) is 2. The Labute approximate surface area is 191 Å². The smallest absolute Gasteiger partial charge is 0.310 e. The fourth-order valence-corrected chi connectivity index (χ4v) is 4.70. The Bertz CT molecular complexity index is 757. The van der Waals surface area contributed by atoms with Crippen LogP contribution in [0, 0.1) is 17.8 Å². The molecule has 1 aromatic rings. The molecule has 2 N–H and O–H groups in total. The van der Waals surface area contributed by atoms with E-state index < -0.39 is 41.3 Å². The number of ether oxygens (including phenoxy) is 1. The number of unbranched alkanes of at least 4 members (excludes halogenated alkanes) is 1. The molecule has 0 radical (unpaired) electrons. The van der Waals surface area contributed by atoms with Crippen molar-refractivity contribution < 1.29 is 29.3 Å². The lowest BCUT2D eigenvalue weighted by atomic mass is 9.79. The Morgan fingerprint density at radius 3 is 2.28 bits per heavy atom. The van der Waals surface area contributed by atoms with Crippen molar-refractivity contribution in [1.82, 2.24) is 0 Å². The van der Waals surface area contributed by atoms with Crippen molar-refractivity contribution in [3.63, 3.8) is 0 Å². The Hall–Kier alpha value is -2.21. The largest absolute Gasteiger partial charge is 0.481 e. The molecule has 6 heteroatoms. The molecule has 0 amide bonds. The lowest BCUT2D eigenvalue weighted by Crippen LogP contribution is -2.43. The van der Waals surface area contributed by atoms with Gasteiger partial charge in [0.25, 0.3) is 0 Å². The molecule has 0 saturated heterocycles. The SMILES string of the molecule is CCCCC(CC)CC(C)(O)C(=O)C(OC(=O)C1CCCCC1C(=O)O)c1ccccc1. The molecule has 1 aliphatic rings. The number of carbonyl (C=O) groups excluding carboxylic acids is 2. The number of carboxylic acids is 1. The second kappa shape index (κ2) is 12.1. The highest BCUT2D eigenvalue weighted by atomic mass is 16.5. The fraction of sp³-hybridized carbons (Fsp3) is 0.654. The van der Waals surface area contributed by atoms with Gasteiger partial charge in [-0.2, -0.15) is 0 Å². The summed E-state index contributed by atoms with van der Waals surface area (Å²) in [5.74, 6) is -3.64. The van der Waals surface area contributed by atoms with Crippen LogP contribution in [0.15, 0.2) is 30.3 Å². The van der Waals surface area contributed by atoms with Gasteiger partial charge in [-0.3, -0.25) is 14.4 Å². The molecule has 0 aromatic heterocycles. The zero-order valence-corrected chi connectivity index (χ0v) is 19.6. The first-order valence-corrected chi connectivity index (χ1v) is 12.0. The number of aliphatic hydroxyl groups is 1. The molecule has 0 bridgehead atoms. The maximum atomic E-state index is 13.5. The van der Waals surface area contributed by atoms with Gasteiger partial charge in [0, 0.05) is 5.56 Å². The third kappa shape index (κ3) is 6.89. The summed E-state index contributed by atoms with van der Waals surface area (Å²) in [5.41, 5.74) is -1.18. The van der Waals surface area contributed by atoms with E-state index in [4.69, 9.17) is 4.74 Å². The topological polar surface area (TPSA) is 101 Å². The van der Waals surface area contributed by atoms with Crippen LogP contribution in [0.4, 0.5) is 0 Å². The van der Waals surface area contributed by atoms with Crippen LogP contribution in [-0.4, -0.2) is 33.5 Å². The monoisotopic (exact) mass is 446 g/mol. The van der Waals surface area contributed by atoms with Crippen LogP contribution in [0.1, 0.15) is 90.2 Å². The normalized spacial score (nSPS) is 22.4. The predicted octanol–water partition coefficient (Wildman–Crippen LogP) is 5.09. The Balaban J connectivity index is 2.26. The number of rotatable bonds is 12. The van der Waals surface area contributed by atoms with Crippen LogP contribution in [0.2, 0.25) is 0 Å². The summed E-state index contributed by atoms with van der Waals surface area (Å²) < 4.78 is 5.69. The van der Waals surface area contributed by atoms with Crippen LogP contribution in [0.25, 0.3) is 0 Å². The number of esters is 1. The van der Waals surface area contributed by atoms with E-state index in [0.29, 0.717) is 24.8 Å². The average Bonchev–Trinajstić information content (AvgIpc) is 2.80. The lowest BCUT2D eigenvalue weighted by molar-refractivity contribution is -0.171. The number of carboxylic acid groups (broad SMARTS) is 1. The minimum Gasteiger partial charge on any atom is -0.481 e. The van der Waals surface area contributed by atoms with Gasteiger partial charge in [0.1, 0.15) is 5.60 Å². The lowest BCUT2D eigenvalue weighted by Gasteiger charge is -2.32. The first-order valence-electron chi connectivity index (χ1n) is 12.0. The zero-order chi connectivity index (χ0) is 23.7. The zero-order valence-electron chi connectivity index (χ0n) is 19.6.